The van der Waals surface area contributed by atoms with Gasteiger partial charge in [0.1, 0.15) is 6.33 Å². The largest absolute Gasteiger partial charge is 0.328 e. The summed E-state index contributed by atoms with van der Waals surface area (Å²) in [5.41, 5.74) is 8.59. The fourth-order valence-electron chi connectivity index (χ4n) is 2.92. The molecular weight excluding hydrogens is 280 g/mol. The molecule has 1 amide bonds. The quantitative estimate of drug-likeness (QED) is 0.893. The summed E-state index contributed by atoms with van der Waals surface area (Å²) < 4.78 is 1.58. The van der Waals surface area contributed by atoms with Crippen molar-refractivity contribution in [1.29, 1.82) is 0 Å². The molecule has 1 aromatic carbocycles. The van der Waals surface area contributed by atoms with E-state index in [2.05, 4.69) is 20.8 Å². The van der Waals surface area contributed by atoms with Crippen LogP contribution in [0, 0.1) is 12.8 Å². The summed E-state index contributed by atoms with van der Waals surface area (Å²) in [4.78, 5) is 12.4. The number of carbonyl (C=O) groups excluding carboxylic acids is 1. The SMILES string of the molecule is Cc1ccc(NC(=O)C2CCCC(N)C2)cc1-n1cnnn1. The van der Waals surface area contributed by atoms with Gasteiger partial charge in [0.25, 0.3) is 0 Å². The van der Waals surface area contributed by atoms with Crippen LogP contribution in [0.3, 0.4) is 0 Å². The van der Waals surface area contributed by atoms with Gasteiger partial charge in [0.15, 0.2) is 0 Å². The van der Waals surface area contributed by atoms with Gasteiger partial charge in [0, 0.05) is 17.6 Å². The van der Waals surface area contributed by atoms with Gasteiger partial charge in [-0.15, -0.1) is 5.10 Å². The molecule has 3 N–H and O–H groups in total. The van der Waals surface area contributed by atoms with E-state index in [-0.39, 0.29) is 17.9 Å². The molecule has 1 saturated carbocycles. The number of hydrogen-bond donors (Lipinski definition) is 2. The zero-order chi connectivity index (χ0) is 15.5. The molecule has 0 radical (unpaired) electrons. The number of nitrogens with one attached hydrogen (secondary N) is 1. The van der Waals surface area contributed by atoms with Crippen molar-refractivity contribution in [2.45, 2.75) is 38.6 Å². The molecule has 22 heavy (non-hydrogen) atoms. The number of aromatic nitrogens is 4. The first-order chi connectivity index (χ1) is 10.6. The van der Waals surface area contributed by atoms with Crippen LogP contribution in [0.1, 0.15) is 31.2 Å². The number of anilines is 1. The lowest BCUT2D eigenvalue weighted by Gasteiger charge is -2.25. The summed E-state index contributed by atoms with van der Waals surface area (Å²) in [6.07, 6.45) is 5.23. The molecule has 1 aliphatic carbocycles. The van der Waals surface area contributed by atoms with Crippen molar-refractivity contribution in [2.24, 2.45) is 11.7 Å². The Morgan fingerprint density at radius 2 is 2.27 bits per heavy atom. The van der Waals surface area contributed by atoms with E-state index in [1.54, 1.807) is 4.68 Å². The predicted octanol–water partition coefficient (Wildman–Crippen LogP) is 1.43. The van der Waals surface area contributed by atoms with Crippen LogP contribution in [0.15, 0.2) is 24.5 Å². The Morgan fingerprint density at radius 1 is 1.41 bits per heavy atom. The lowest BCUT2D eigenvalue weighted by atomic mass is 9.85. The lowest BCUT2D eigenvalue weighted by Crippen LogP contribution is -2.34. The number of aryl methyl sites for hydroxylation is 1. The summed E-state index contributed by atoms with van der Waals surface area (Å²) in [5.74, 6) is 0.0446. The van der Waals surface area contributed by atoms with E-state index in [0.717, 1.165) is 42.6 Å². The molecule has 1 aromatic heterocycles. The van der Waals surface area contributed by atoms with Gasteiger partial charge in [0.05, 0.1) is 5.69 Å². The molecule has 7 heteroatoms. The monoisotopic (exact) mass is 300 g/mol. The molecular formula is C15H20N6O. The highest BCUT2D eigenvalue weighted by molar-refractivity contribution is 5.93. The Labute approximate surface area is 128 Å². The van der Waals surface area contributed by atoms with Crippen LogP contribution < -0.4 is 11.1 Å². The first kappa shape index (κ1) is 14.6. The number of amides is 1. The third-order valence-corrected chi connectivity index (χ3v) is 4.16. The van der Waals surface area contributed by atoms with Crippen LogP contribution >= 0.6 is 0 Å². The number of benzene rings is 1. The summed E-state index contributed by atoms with van der Waals surface area (Å²) in [7, 11) is 0. The number of nitrogens with two attached hydrogens (primary N) is 1. The molecule has 1 aliphatic rings. The normalized spacial score (nSPS) is 21.5. The average Bonchev–Trinajstić information content (AvgIpc) is 3.03. The van der Waals surface area contributed by atoms with Gasteiger partial charge >= 0.3 is 0 Å². The maximum Gasteiger partial charge on any atom is 0.227 e. The lowest BCUT2D eigenvalue weighted by molar-refractivity contribution is -0.120. The van der Waals surface area contributed by atoms with Crippen LogP contribution in [0.5, 0.6) is 0 Å². The van der Waals surface area contributed by atoms with E-state index in [9.17, 15) is 4.79 Å². The van der Waals surface area contributed by atoms with Crippen LogP contribution in [0.2, 0.25) is 0 Å². The van der Waals surface area contributed by atoms with E-state index in [0.29, 0.717) is 0 Å². The minimum absolute atomic E-state index is 0.00143. The molecule has 2 aromatic rings. The number of carbonyl (C=O) groups is 1. The smallest absolute Gasteiger partial charge is 0.227 e. The number of tetrazole rings is 1. The van der Waals surface area contributed by atoms with Gasteiger partial charge in [-0.1, -0.05) is 12.5 Å². The Morgan fingerprint density at radius 3 is 3.00 bits per heavy atom. The molecule has 0 spiro atoms. The van der Waals surface area contributed by atoms with E-state index in [1.165, 1.54) is 6.33 Å². The molecule has 3 rings (SSSR count). The molecule has 0 bridgehead atoms. The Balaban J connectivity index is 1.75. The van der Waals surface area contributed by atoms with Crippen LogP contribution in [-0.4, -0.2) is 32.2 Å². The topological polar surface area (TPSA) is 98.7 Å². The third-order valence-electron chi connectivity index (χ3n) is 4.16. The molecule has 0 saturated heterocycles. The highest BCUT2D eigenvalue weighted by Crippen LogP contribution is 2.25. The molecule has 1 heterocycles. The van der Waals surface area contributed by atoms with Crippen molar-refractivity contribution >= 4 is 11.6 Å². The molecule has 7 nitrogen and oxygen atoms in total. The van der Waals surface area contributed by atoms with E-state index in [1.807, 2.05) is 25.1 Å². The van der Waals surface area contributed by atoms with E-state index >= 15 is 0 Å². The number of hydrogen-bond acceptors (Lipinski definition) is 5. The maximum atomic E-state index is 12.4. The van der Waals surface area contributed by atoms with Gasteiger partial charge in [-0.05, 0) is 54.3 Å². The maximum absolute atomic E-state index is 12.4. The number of nitrogens with zero attached hydrogens (tertiary/aromatic N) is 4. The minimum atomic E-state index is 0.00143. The fourth-order valence-corrected chi connectivity index (χ4v) is 2.92. The second-order valence-electron chi connectivity index (χ2n) is 5.87. The van der Waals surface area contributed by atoms with Crippen molar-refractivity contribution in [2.75, 3.05) is 5.32 Å². The van der Waals surface area contributed by atoms with Crippen LogP contribution in [-0.2, 0) is 4.79 Å². The van der Waals surface area contributed by atoms with Gasteiger partial charge in [0.2, 0.25) is 5.91 Å². The number of rotatable bonds is 3. The Bertz CT molecular complexity index is 654. The molecule has 2 atom stereocenters. The highest BCUT2D eigenvalue weighted by Gasteiger charge is 2.25. The molecule has 1 fully saturated rings. The van der Waals surface area contributed by atoms with Crippen molar-refractivity contribution in [3.8, 4) is 5.69 Å². The third kappa shape index (κ3) is 3.14. The zero-order valence-corrected chi connectivity index (χ0v) is 12.6. The standard InChI is InChI=1S/C15H20N6O/c1-10-5-6-13(8-14(10)21-9-17-19-20-21)18-15(22)11-3-2-4-12(16)7-11/h5-6,8-9,11-12H,2-4,7,16H2,1H3,(H,18,22). The molecule has 2 unspecified atom stereocenters. The van der Waals surface area contributed by atoms with E-state index < -0.39 is 0 Å². The van der Waals surface area contributed by atoms with Crippen molar-refractivity contribution in [1.82, 2.24) is 20.2 Å². The highest BCUT2D eigenvalue weighted by atomic mass is 16.1. The van der Waals surface area contributed by atoms with Crippen molar-refractivity contribution in [3.05, 3.63) is 30.1 Å². The minimum Gasteiger partial charge on any atom is -0.328 e. The second-order valence-corrected chi connectivity index (χ2v) is 5.87. The summed E-state index contributed by atoms with van der Waals surface area (Å²) in [5, 5.41) is 14.2. The molecule has 116 valence electrons. The molecule has 0 aliphatic heterocycles. The first-order valence-electron chi connectivity index (χ1n) is 7.54. The Hall–Kier alpha value is -2.28. The first-order valence-corrected chi connectivity index (χ1v) is 7.54. The van der Waals surface area contributed by atoms with Crippen molar-refractivity contribution < 1.29 is 4.79 Å². The van der Waals surface area contributed by atoms with Gasteiger partial charge in [-0.25, -0.2) is 4.68 Å². The van der Waals surface area contributed by atoms with Gasteiger partial charge < -0.3 is 11.1 Å². The van der Waals surface area contributed by atoms with Crippen LogP contribution in [0.4, 0.5) is 5.69 Å². The van der Waals surface area contributed by atoms with E-state index in [4.69, 9.17) is 5.73 Å². The van der Waals surface area contributed by atoms with Crippen LogP contribution in [0.25, 0.3) is 5.69 Å². The second kappa shape index (κ2) is 6.23. The van der Waals surface area contributed by atoms with Gasteiger partial charge in [-0.3, -0.25) is 4.79 Å². The summed E-state index contributed by atoms with van der Waals surface area (Å²) in [6, 6.07) is 5.86. The summed E-state index contributed by atoms with van der Waals surface area (Å²) in [6.45, 7) is 1.97. The fraction of sp³-hybridized carbons (Fsp3) is 0.467. The predicted molar refractivity (Wildman–Crippen MR) is 82.5 cm³/mol. The zero-order valence-electron chi connectivity index (χ0n) is 12.6. The van der Waals surface area contributed by atoms with Gasteiger partial charge in [-0.2, -0.15) is 0 Å². The summed E-state index contributed by atoms with van der Waals surface area (Å²) >= 11 is 0. The average molecular weight is 300 g/mol. The Kier molecular flexibility index (Phi) is 4.15. The van der Waals surface area contributed by atoms with Crippen molar-refractivity contribution in [3.63, 3.8) is 0 Å².